The summed E-state index contributed by atoms with van der Waals surface area (Å²) in [5, 5.41) is 0. The maximum atomic E-state index is 2.44. The summed E-state index contributed by atoms with van der Waals surface area (Å²) in [6.45, 7) is 0. The molecule has 3 aliphatic carbocycles. The van der Waals surface area contributed by atoms with Gasteiger partial charge >= 0.3 is 0 Å². The van der Waals surface area contributed by atoms with Crippen LogP contribution in [0.4, 0.5) is 0 Å². The van der Waals surface area contributed by atoms with Gasteiger partial charge in [0.1, 0.15) is 0 Å². The first-order valence-electron chi connectivity index (χ1n) is 7.03. The molecular weight excluding hydrogens is 228 g/mol. The van der Waals surface area contributed by atoms with Crippen LogP contribution in [0.15, 0.2) is 42.5 Å². The van der Waals surface area contributed by atoms with E-state index in [1.54, 1.807) is 16.7 Å². The van der Waals surface area contributed by atoms with Crippen molar-refractivity contribution < 1.29 is 0 Å². The van der Waals surface area contributed by atoms with Gasteiger partial charge in [0.25, 0.3) is 0 Å². The molecule has 0 atom stereocenters. The molecule has 2 aromatic carbocycles. The van der Waals surface area contributed by atoms with Crippen LogP contribution in [0.2, 0.25) is 0 Å². The second kappa shape index (κ2) is 3.27. The second-order valence-corrected chi connectivity index (χ2v) is 5.78. The number of benzene rings is 2. The lowest BCUT2D eigenvalue weighted by Crippen LogP contribution is -1.94. The first-order chi connectivity index (χ1) is 9.40. The second-order valence-electron chi connectivity index (χ2n) is 5.78. The van der Waals surface area contributed by atoms with Crippen molar-refractivity contribution in [2.24, 2.45) is 0 Å². The lowest BCUT2D eigenvalue weighted by Gasteiger charge is -2.09. The molecule has 0 amide bonds. The highest BCUT2D eigenvalue weighted by Crippen LogP contribution is 2.47. The minimum atomic E-state index is 1.11. The fourth-order valence-electron chi connectivity index (χ4n) is 3.86. The van der Waals surface area contributed by atoms with Gasteiger partial charge in [-0.2, -0.15) is 0 Å². The minimum Gasteiger partial charge on any atom is -0.0795 e. The van der Waals surface area contributed by atoms with E-state index >= 15 is 0 Å². The van der Waals surface area contributed by atoms with Crippen LogP contribution in [0.3, 0.4) is 0 Å². The highest BCUT2D eigenvalue weighted by Gasteiger charge is 2.29. The Hall–Kier alpha value is -2.08. The summed E-state index contributed by atoms with van der Waals surface area (Å²) < 4.78 is 0. The summed E-state index contributed by atoms with van der Waals surface area (Å²) in [7, 11) is 0. The standard InChI is InChI=1S/C19H14/c1-2-7-16-14(4-1)10-19-17-9-13-6-3-5-12(13)8-15(17)11-18(16)19/h1-4,6-9H,5,10-11H2. The van der Waals surface area contributed by atoms with E-state index in [9.17, 15) is 0 Å². The molecule has 0 radical (unpaired) electrons. The summed E-state index contributed by atoms with van der Waals surface area (Å²) in [5.41, 5.74) is 12.2. The van der Waals surface area contributed by atoms with Gasteiger partial charge in [-0.1, -0.05) is 42.5 Å². The average Bonchev–Trinajstić information content (AvgIpc) is 3.09. The zero-order chi connectivity index (χ0) is 12.4. The van der Waals surface area contributed by atoms with Gasteiger partial charge in [-0.15, -0.1) is 0 Å². The van der Waals surface area contributed by atoms with Crippen molar-refractivity contribution in [1.82, 2.24) is 0 Å². The Morgan fingerprint density at radius 3 is 2.58 bits per heavy atom. The number of hydrogen-bond acceptors (Lipinski definition) is 0. The van der Waals surface area contributed by atoms with Crippen LogP contribution in [0.1, 0.15) is 33.4 Å². The largest absolute Gasteiger partial charge is 0.0795 e. The Labute approximate surface area is 113 Å². The van der Waals surface area contributed by atoms with E-state index in [1.165, 1.54) is 27.8 Å². The quantitative estimate of drug-likeness (QED) is 0.647. The van der Waals surface area contributed by atoms with Gasteiger partial charge in [-0.3, -0.25) is 0 Å². The third-order valence-corrected chi connectivity index (χ3v) is 4.77. The molecular formula is C19H14. The normalized spacial score (nSPS) is 17.5. The van der Waals surface area contributed by atoms with Gasteiger partial charge in [0, 0.05) is 0 Å². The van der Waals surface area contributed by atoms with Gasteiger partial charge in [-0.25, -0.2) is 0 Å². The lowest BCUT2D eigenvalue weighted by molar-refractivity contribution is 1.22. The molecule has 0 heteroatoms. The van der Waals surface area contributed by atoms with Crippen molar-refractivity contribution >= 4 is 17.2 Å². The molecule has 19 heavy (non-hydrogen) atoms. The molecule has 0 fully saturated rings. The predicted octanol–water partition coefficient (Wildman–Crippen LogP) is 4.28. The van der Waals surface area contributed by atoms with Crippen molar-refractivity contribution in [3.8, 4) is 0 Å². The lowest BCUT2D eigenvalue weighted by atomic mass is 9.95. The Morgan fingerprint density at radius 1 is 0.737 bits per heavy atom. The first kappa shape index (κ1) is 9.80. The van der Waals surface area contributed by atoms with E-state index in [-0.39, 0.29) is 0 Å². The molecule has 0 aromatic heterocycles. The van der Waals surface area contributed by atoms with Gasteiger partial charge < -0.3 is 0 Å². The van der Waals surface area contributed by atoms with Crippen molar-refractivity contribution in [3.05, 3.63) is 75.9 Å². The summed E-state index contributed by atoms with van der Waals surface area (Å²) in [4.78, 5) is 0. The van der Waals surface area contributed by atoms with E-state index in [0.717, 1.165) is 19.3 Å². The Bertz CT molecular complexity index is 788. The molecule has 2 aromatic rings. The van der Waals surface area contributed by atoms with Crippen LogP contribution in [0.25, 0.3) is 17.2 Å². The highest BCUT2D eigenvalue weighted by atomic mass is 14.3. The third-order valence-electron chi connectivity index (χ3n) is 4.77. The predicted molar refractivity (Wildman–Crippen MR) is 79.8 cm³/mol. The number of rotatable bonds is 0. The fourth-order valence-corrected chi connectivity index (χ4v) is 3.86. The highest BCUT2D eigenvalue weighted by molar-refractivity contribution is 6.02. The molecule has 0 unspecified atom stereocenters. The summed E-state index contributed by atoms with van der Waals surface area (Å²) in [5.74, 6) is 0. The Morgan fingerprint density at radius 2 is 1.58 bits per heavy atom. The Balaban J connectivity index is 1.71. The third kappa shape index (κ3) is 1.19. The van der Waals surface area contributed by atoms with E-state index in [1.807, 2.05) is 0 Å². The van der Waals surface area contributed by atoms with Gasteiger partial charge in [0.15, 0.2) is 0 Å². The zero-order valence-corrected chi connectivity index (χ0v) is 10.7. The monoisotopic (exact) mass is 242 g/mol. The molecule has 0 bridgehead atoms. The Kier molecular flexibility index (Phi) is 1.69. The molecule has 90 valence electrons. The summed E-state index contributed by atoms with van der Waals surface area (Å²) in [6.07, 6.45) is 7.93. The minimum absolute atomic E-state index is 1.11. The maximum absolute atomic E-state index is 2.44. The van der Waals surface area contributed by atoms with Crippen molar-refractivity contribution in [2.75, 3.05) is 0 Å². The van der Waals surface area contributed by atoms with E-state index < -0.39 is 0 Å². The van der Waals surface area contributed by atoms with Gasteiger partial charge in [0.2, 0.25) is 0 Å². The van der Waals surface area contributed by atoms with Crippen LogP contribution in [-0.4, -0.2) is 0 Å². The zero-order valence-electron chi connectivity index (χ0n) is 10.7. The first-order valence-corrected chi connectivity index (χ1v) is 7.03. The SMILES string of the molecule is C1=Cc2cc3c(cc2C1)CC1=C3Cc2ccccc21. The van der Waals surface area contributed by atoms with Crippen LogP contribution < -0.4 is 0 Å². The molecule has 0 N–H and O–H groups in total. The number of fused-ring (bicyclic) bond motifs is 5. The topological polar surface area (TPSA) is 0 Å². The maximum Gasteiger partial charge on any atom is -0.00105 e. The molecule has 0 nitrogen and oxygen atoms in total. The van der Waals surface area contributed by atoms with E-state index in [0.29, 0.717) is 0 Å². The van der Waals surface area contributed by atoms with E-state index in [2.05, 4.69) is 48.6 Å². The molecule has 0 aliphatic heterocycles. The molecule has 0 saturated carbocycles. The van der Waals surface area contributed by atoms with Crippen LogP contribution >= 0.6 is 0 Å². The fraction of sp³-hybridized carbons (Fsp3) is 0.158. The summed E-state index contributed by atoms with van der Waals surface area (Å²) >= 11 is 0. The smallest absolute Gasteiger partial charge is 0.00105 e. The molecule has 3 aliphatic rings. The van der Waals surface area contributed by atoms with Crippen LogP contribution in [-0.2, 0) is 19.3 Å². The molecule has 5 rings (SSSR count). The average molecular weight is 242 g/mol. The number of hydrogen-bond donors (Lipinski definition) is 0. The van der Waals surface area contributed by atoms with Crippen molar-refractivity contribution in [2.45, 2.75) is 19.3 Å². The molecule has 0 heterocycles. The number of allylic oxidation sites excluding steroid dienone is 3. The molecule has 0 spiro atoms. The van der Waals surface area contributed by atoms with Gasteiger partial charge in [0.05, 0.1) is 0 Å². The summed E-state index contributed by atoms with van der Waals surface area (Å²) in [6, 6.07) is 13.7. The van der Waals surface area contributed by atoms with E-state index in [4.69, 9.17) is 0 Å². The van der Waals surface area contributed by atoms with Crippen LogP contribution in [0.5, 0.6) is 0 Å². The van der Waals surface area contributed by atoms with Crippen molar-refractivity contribution in [3.63, 3.8) is 0 Å². The van der Waals surface area contributed by atoms with Crippen LogP contribution in [0, 0.1) is 0 Å². The van der Waals surface area contributed by atoms with Crippen molar-refractivity contribution in [1.29, 1.82) is 0 Å². The molecule has 0 saturated heterocycles. The van der Waals surface area contributed by atoms with Gasteiger partial charge in [-0.05, 0) is 69.9 Å².